The quantitative estimate of drug-likeness (QED) is 0.496. The maximum Gasteiger partial charge on any atom is 0.193 e. The smallest absolute Gasteiger partial charge is 0.193 e. The normalized spacial score (nSPS) is 12.5. The van der Waals surface area contributed by atoms with Gasteiger partial charge in [-0.05, 0) is 36.9 Å². The Labute approximate surface area is 165 Å². The van der Waals surface area contributed by atoms with Crippen LogP contribution in [0.25, 0.3) is 27.9 Å². The number of ketones is 1. The highest BCUT2D eigenvalue weighted by atomic mass is 16.3. The Bertz CT molecular complexity index is 1340. The van der Waals surface area contributed by atoms with Gasteiger partial charge in [0.1, 0.15) is 34.6 Å². The molecule has 2 aliphatic rings. The first-order chi connectivity index (χ1) is 13.8. The summed E-state index contributed by atoms with van der Waals surface area (Å²) in [5.41, 5.74) is 0.639. The SMILES string of the molecule is CC(=O)Cc1cc2cccc3c2-c(cc(=O)/c3=C(/O)c2c(C)cc(O)cc2O)o1. The van der Waals surface area contributed by atoms with E-state index in [1.807, 2.05) is 6.07 Å². The number of hydrogen-bond acceptors (Lipinski definition) is 6. The number of rotatable bonds is 3. The minimum absolute atomic E-state index is 0.0294. The van der Waals surface area contributed by atoms with Crippen LogP contribution >= 0.6 is 0 Å². The lowest BCUT2D eigenvalue weighted by atomic mass is 9.94. The molecule has 0 spiro atoms. The molecule has 4 rings (SSSR count). The Hall–Kier alpha value is -3.80. The molecule has 0 radical (unpaired) electrons. The summed E-state index contributed by atoms with van der Waals surface area (Å²) < 4.78 is 5.77. The van der Waals surface area contributed by atoms with Crippen LogP contribution in [-0.4, -0.2) is 21.1 Å². The summed E-state index contributed by atoms with van der Waals surface area (Å²) in [6, 6.07) is 10.8. The molecule has 1 aliphatic carbocycles. The third-order valence-corrected chi connectivity index (χ3v) is 4.87. The van der Waals surface area contributed by atoms with Crippen molar-refractivity contribution in [1.82, 2.24) is 0 Å². The average Bonchev–Trinajstić information content (AvgIpc) is 2.60. The van der Waals surface area contributed by atoms with Crippen molar-refractivity contribution in [3.8, 4) is 22.8 Å². The number of phenolic OH excluding ortho intramolecular Hbond substituents is 2. The zero-order valence-corrected chi connectivity index (χ0v) is 15.8. The van der Waals surface area contributed by atoms with Gasteiger partial charge in [0.05, 0.1) is 17.2 Å². The van der Waals surface area contributed by atoms with Crippen LogP contribution in [-0.2, 0) is 11.2 Å². The van der Waals surface area contributed by atoms with Gasteiger partial charge in [-0.2, -0.15) is 0 Å². The number of aromatic hydroxyl groups is 2. The fourth-order valence-electron chi connectivity index (χ4n) is 3.75. The van der Waals surface area contributed by atoms with E-state index in [0.29, 0.717) is 28.0 Å². The Kier molecular flexibility index (Phi) is 4.27. The first-order valence-electron chi connectivity index (χ1n) is 9.00. The van der Waals surface area contributed by atoms with E-state index in [0.717, 1.165) is 11.5 Å². The zero-order valence-electron chi connectivity index (χ0n) is 15.8. The van der Waals surface area contributed by atoms with E-state index in [1.54, 1.807) is 25.1 Å². The lowest BCUT2D eigenvalue weighted by molar-refractivity contribution is -0.116. The van der Waals surface area contributed by atoms with Gasteiger partial charge < -0.3 is 19.7 Å². The zero-order chi connectivity index (χ0) is 20.9. The number of phenols is 2. The highest BCUT2D eigenvalue weighted by Gasteiger charge is 2.20. The van der Waals surface area contributed by atoms with Crippen molar-refractivity contribution in [3.63, 3.8) is 0 Å². The molecule has 29 heavy (non-hydrogen) atoms. The number of benzene rings is 3. The Morgan fingerprint density at radius 2 is 1.86 bits per heavy atom. The number of carbonyl (C=O) groups excluding carboxylic acids is 1. The van der Waals surface area contributed by atoms with Gasteiger partial charge in [-0.1, -0.05) is 18.2 Å². The molecule has 0 unspecified atom stereocenters. The summed E-state index contributed by atoms with van der Waals surface area (Å²) in [6.07, 6.45) is 0.115. The molecule has 1 aliphatic heterocycles. The van der Waals surface area contributed by atoms with Gasteiger partial charge in [-0.3, -0.25) is 9.59 Å². The van der Waals surface area contributed by atoms with Crippen LogP contribution < -0.4 is 10.6 Å². The third-order valence-electron chi connectivity index (χ3n) is 4.87. The van der Waals surface area contributed by atoms with Gasteiger partial charge in [-0.15, -0.1) is 0 Å². The molecule has 0 saturated carbocycles. The van der Waals surface area contributed by atoms with Crippen LogP contribution in [0.3, 0.4) is 0 Å². The molecule has 0 saturated heterocycles. The number of aliphatic hydroxyl groups is 1. The van der Waals surface area contributed by atoms with Gasteiger partial charge in [-0.25, -0.2) is 0 Å². The number of aryl methyl sites for hydroxylation is 1. The summed E-state index contributed by atoms with van der Waals surface area (Å²) in [5, 5.41) is 32.1. The van der Waals surface area contributed by atoms with Gasteiger partial charge >= 0.3 is 0 Å². The van der Waals surface area contributed by atoms with E-state index in [-0.39, 0.29) is 40.2 Å². The van der Waals surface area contributed by atoms with Crippen LogP contribution in [0.1, 0.15) is 23.8 Å². The van der Waals surface area contributed by atoms with E-state index in [9.17, 15) is 24.9 Å². The summed E-state index contributed by atoms with van der Waals surface area (Å²) in [7, 11) is 0. The first-order valence-corrected chi connectivity index (χ1v) is 9.00. The van der Waals surface area contributed by atoms with E-state index < -0.39 is 5.43 Å². The molecule has 0 amide bonds. The molecule has 2 aromatic carbocycles. The molecular weight excluding hydrogens is 372 g/mol. The predicted molar refractivity (Wildman–Crippen MR) is 108 cm³/mol. The largest absolute Gasteiger partial charge is 0.508 e. The van der Waals surface area contributed by atoms with Crippen molar-refractivity contribution in [2.45, 2.75) is 20.3 Å². The predicted octanol–water partition coefficient (Wildman–Crippen LogP) is 3.18. The lowest BCUT2D eigenvalue weighted by Crippen LogP contribution is -2.29. The molecule has 2 aromatic rings. The molecule has 6 nitrogen and oxygen atoms in total. The van der Waals surface area contributed by atoms with Crippen LogP contribution in [0.5, 0.6) is 11.5 Å². The second-order valence-electron chi connectivity index (χ2n) is 7.11. The molecule has 146 valence electrons. The monoisotopic (exact) mass is 390 g/mol. The molecule has 6 heteroatoms. The Morgan fingerprint density at radius 1 is 1.10 bits per heavy atom. The molecule has 0 bridgehead atoms. The van der Waals surface area contributed by atoms with Crippen molar-refractivity contribution < 1.29 is 24.5 Å². The molecule has 0 fully saturated rings. The second kappa shape index (κ2) is 6.67. The van der Waals surface area contributed by atoms with Crippen molar-refractivity contribution in [3.05, 3.63) is 74.8 Å². The van der Waals surface area contributed by atoms with Gasteiger partial charge in [0.15, 0.2) is 5.43 Å². The number of aliphatic hydroxyl groups excluding tert-OH is 1. The summed E-state index contributed by atoms with van der Waals surface area (Å²) in [4.78, 5) is 24.4. The van der Waals surface area contributed by atoms with E-state index >= 15 is 0 Å². The van der Waals surface area contributed by atoms with Crippen molar-refractivity contribution in [1.29, 1.82) is 0 Å². The lowest BCUT2D eigenvalue weighted by Gasteiger charge is -2.14. The first kappa shape index (κ1) is 18.6. The fraction of sp³-hybridized carbons (Fsp3) is 0.130. The summed E-state index contributed by atoms with van der Waals surface area (Å²) >= 11 is 0. The van der Waals surface area contributed by atoms with Gasteiger partial charge in [0.2, 0.25) is 0 Å². The number of Topliss-reactive ketones (excluding diaryl/α,β-unsaturated/α-hetero) is 1. The standard InChI is InChI=1S/C23H18O6/c1-11-6-14(25)9-17(26)20(11)23(28)22-16-5-3-4-13-8-15(7-12(2)24)29-19(21(13)16)10-18(22)27/h3-6,8-10,25-26,28H,7H2,1-2H3/b23-22+. The van der Waals surface area contributed by atoms with E-state index in [4.69, 9.17) is 4.42 Å². The van der Waals surface area contributed by atoms with Gasteiger partial charge in [0, 0.05) is 23.1 Å². The van der Waals surface area contributed by atoms with Crippen molar-refractivity contribution in [2.75, 3.05) is 0 Å². The average molecular weight is 390 g/mol. The van der Waals surface area contributed by atoms with Crippen LogP contribution in [0, 0.1) is 6.92 Å². The molecule has 0 aromatic heterocycles. The fourth-order valence-corrected chi connectivity index (χ4v) is 3.75. The molecule has 0 atom stereocenters. The van der Waals surface area contributed by atoms with Crippen molar-refractivity contribution >= 4 is 22.3 Å². The summed E-state index contributed by atoms with van der Waals surface area (Å²) in [5.74, 6) is -0.151. The highest BCUT2D eigenvalue weighted by molar-refractivity contribution is 5.97. The minimum atomic E-state index is -0.488. The van der Waals surface area contributed by atoms with Crippen LogP contribution in [0.15, 0.2) is 51.7 Å². The maximum atomic E-state index is 12.9. The highest BCUT2D eigenvalue weighted by Crippen LogP contribution is 2.34. The topological polar surface area (TPSA) is 108 Å². The molecule has 1 heterocycles. The van der Waals surface area contributed by atoms with Crippen molar-refractivity contribution in [2.24, 2.45) is 0 Å². The minimum Gasteiger partial charge on any atom is -0.508 e. The molecule has 3 N–H and O–H groups in total. The second-order valence-corrected chi connectivity index (χ2v) is 7.11. The maximum absolute atomic E-state index is 12.9. The Balaban J connectivity index is 2.13. The van der Waals surface area contributed by atoms with Crippen LogP contribution in [0.2, 0.25) is 0 Å². The number of hydrogen-bond donors (Lipinski definition) is 3. The van der Waals surface area contributed by atoms with E-state index in [2.05, 4.69) is 0 Å². The summed E-state index contributed by atoms with van der Waals surface area (Å²) in [6.45, 7) is 3.07. The molecular formula is C23H18O6. The Morgan fingerprint density at radius 3 is 2.55 bits per heavy atom. The van der Waals surface area contributed by atoms with Gasteiger partial charge in [0.25, 0.3) is 0 Å². The van der Waals surface area contributed by atoms with Crippen LogP contribution in [0.4, 0.5) is 0 Å². The van der Waals surface area contributed by atoms with E-state index in [1.165, 1.54) is 19.1 Å². The third kappa shape index (κ3) is 3.08. The number of carbonyl (C=O) groups is 1.